The lowest BCUT2D eigenvalue weighted by molar-refractivity contribution is -0.146. The fraction of sp³-hybridized carbons (Fsp3) is 0.474. The Labute approximate surface area is 158 Å². The molecule has 0 aliphatic carbocycles. The van der Waals surface area contributed by atoms with E-state index in [4.69, 9.17) is 9.47 Å². The molecule has 2 aromatic rings. The van der Waals surface area contributed by atoms with Crippen LogP contribution in [0, 0.1) is 13.8 Å². The van der Waals surface area contributed by atoms with Crippen molar-refractivity contribution in [2.24, 2.45) is 0 Å². The largest absolute Gasteiger partial charge is 0.464 e. The molecule has 0 radical (unpaired) electrons. The first-order chi connectivity index (χ1) is 12.6. The lowest BCUT2D eigenvalue weighted by Crippen LogP contribution is -2.39. The molecule has 0 saturated heterocycles. The molecule has 1 unspecified atom stereocenters. The van der Waals surface area contributed by atoms with E-state index < -0.39 is 23.7 Å². The number of nitrogens with one attached hydrogen (secondary N) is 1. The van der Waals surface area contributed by atoms with Gasteiger partial charge in [-0.3, -0.25) is 0 Å². The van der Waals surface area contributed by atoms with Gasteiger partial charge in [0, 0.05) is 17.5 Å². The Bertz CT molecular complexity index is 804. The topological polar surface area (TPSA) is 95.3 Å². The van der Waals surface area contributed by atoms with Crippen molar-refractivity contribution in [3.63, 3.8) is 0 Å². The maximum Gasteiger partial charge on any atom is 0.408 e. The van der Waals surface area contributed by atoms with Crippen molar-refractivity contribution < 1.29 is 19.1 Å². The van der Waals surface area contributed by atoms with E-state index in [1.807, 2.05) is 30.5 Å². The van der Waals surface area contributed by atoms with Gasteiger partial charge in [-0.05, 0) is 53.7 Å². The summed E-state index contributed by atoms with van der Waals surface area (Å²) in [7, 11) is 0. The zero-order valence-electron chi connectivity index (χ0n) is 16.6. The number of aromatic nitrogens is 3. The minimum Gasteiger partial charge on any atom is -0.464 e. The molecule has 8 heteroatoms. The number of hydrogen-bond acceptors (Lipinski definition) is 6. The van der Waals surface area contributed by atoms with Gasteiger partial charge in [-0.1, -0.05) is 0 Å². The molecule has 2 aromatic heterocycles. The summed E-state index contributed by atoms with van der Waals surface area (Å²) < 4.78 is 12.3. The predicted molar refractivity (Wildman–Crippen MR) is 99.6 cm³/mol. The van der Waals surface area contributed by atoms with Crippen molar-refractivity contribution in [1.29, 1.82) is 0 Å². The second kappa shape index (κ2) is 8.20. The van der Waals surface area contributed by atoms with Crippen LogP contribution in [0.25, 0.3) is 5.82 Å². The highest BCUT2D eigenvalue weighted by molar-refractivity contribution is 5.82. The summed E-state index contributed by atoms with van der Waals surface area (Å²) in [6.07, 6.45) is 0.626. The maximum absolute atomic E-state index is 12.4. The summed E-state index contributed by atoms with van der Waals surface area (Å²) >= 11 is 0. The monoisotopic (exact) mass is 374 g/mol. The summed E-state index contributed by atoms with van der Waals surface area (Å²) in [6, 6.07) is 4.49. The Hall–Kier alpha value is -2.90. The van der Waals surface area contributed by atoms with Crippen LogP contribution in [0.5, 0.6) is 0 Å². The molecule has 0 aliphatic heterocycles. The maximum atomic E-state index is 12.4. The van der Waals surface area contributed by atoms with Gasteiger partial charge in [0.2, 0.25) is 0 Å². The SMILES string of the molecule is CCOC(=O)C(NC(=O)OC(C)(C)C)c1cc(-n2c(C)ccc2C)ncn1. The van der Waals surface area contributed by atoms with E-state index in [9.17, 15) is 9.59 Å². The standard InChI is InChI=1S/C19H26N4O4/c1-7-26-17(24)16(22-18(25)27-19(4,5)6)14-10-15(21-11-20-14)23-12(2)8-9-13(23)3/h8-11,16H,7H2,1-6H3,(H,22,25). The van der Waals surface area contributed by atoms with E-state index in [-0.39, 0.29) is 6.61 Å². The number of alkyl carbamates (subject to hydrolysis) is 1. The summed E-state index contributed by atoms with van der Waals surface area (Å²) in [4.78, 5) is 33.1. The van der Waals surface area contributed by atoms with E-state index in [0.29, 0.717) is 11.5 Å². The Morgan fingerprint density at radius 3 is 2.37 bits per heavy atom. The molecule has 0 aromatic carbocycles. The summed E-state index contributed by atoms with van der Waals surface area (Å²) in [5.74, 6) is -0.0192. The van der Waals surface area contributed by atoms with Gasteiger partial charge < -0.3 is 19.4 Å². The van der Waals surface area contributed by atoms with Crippen molar-refractivity contribution in [2.75, 3.05) is 6.61 Å². The minimum absolute atomic E-state index is 0.180. The number of hydrogen-bond donors (Lipinski definition) is 1. The average Bonchev–Trinajstić information content (AvgIpc) is 2.90. The van der Waals surface area contributed by atoms with Crippen LogP contribution in [0.4, 0.5) is 4.79 Å². The number of ether oxygens (including phenoxy) is 2. The van der Waals surface area contributed by atoms with Crippen molar-refractivity contribution in [3.8, 4) is 5.82 Å². The summed E-state index contributed by atoms with van der Waals surface area (Å²) in [5, 5.41) is 2.54. The second-order valence-corrected chi connectivity index (χ2v) is 7.08. The Morgan fingerprint density at radius 2 is 1.81 bits per heavy atom. The molecular weight excluding hydrogens is 348 g/mol. The second-order valence-electron chi connectivity index (χ2n) is 7.08. The lowest BCUT2D eigenvalue weighted by Gasteiger charge is -2.22. The Morgan fingerprint density at radius 1 is 1.19 bits per heavy atom. The van der Waals surface area contributed by atoms with Crippen LogP contribution in [0.15, 0.2) is 24.5 Å². The number of rotatable bonds is 5. The highest BCUT2D eigenvalue weighted by Crippen LogP contribution is 2.19. The van der Waals surface area contributed by atoms with Crippen molar-refractivity contribution >= 4 is 12.1 Å². The van der Waals surface area contributed by atoms with Crippen LogP contribution in [0.3, 0.4) is 0 Å². The third-order valence-electron chi connectivity index (χ3n) is 3.65. The molecule has 0 saturated carbocycles. The minimum atomic E-state index is -1.10. The van der Waals surface area contributed by atoms with E-state index >= 15 is 0 Å². The quantitative estimate of drug-likeness (QED) is 0.808. The highest BCUT2D eigenvalue weighted by Gasteiger charge is 2.28. The third kappa shape index (κ3) is 5.29. The first kappa shape index (κ1) is 20.4. The first-order valence-electron chi connectivity index (χ1n) is 8.75. The summed E-state index contributed by atoms with van der Waals surface area (Å²) in [5.41, 5.74) is 1.60. The van der Waals surface area contributed by atoms with Gasteiger partial charge in [-0.25, -0.2) is 19.6 Å². The molecule has 2 rings (SSSR count). The smallest absolute Gasteiger partial charge is 0.408 e. The first-order valence-corrected chi connectivity index (χ1v) is 8.75. The molecule has 2 heterocycles. The number of aryl methyl sites for hydroxylation is 2. The van der Waals surface area contributed by atoms with Crippen molar-refractivity contribution in [2.45, 2.75) is 53.2 Å². The summed E-state index contributed by atoms with van der Waals surface area (Å²) in [6.45, 7) is 11.0. The number of amides is 1. The predicted octanol–water partition coefficient (Wildman–Crippen LogP) is 3.01. The van der Waals surface area contributed by atoms with Gasteiger partial charge in [-0.2, -0.15) is 0 Å². The highest BCUT2D eigenvalue weighted by atomic mass is 16.6. The Balaban J connectivity index is 2.37. The molecular formula is C19H26N4O4. The zero-order valence-corrected chi connectivity index (χ0v) is 16.6. The molecule has 146 valence electrons. The molecule has 0 spiro atoms. The van der Waals surface area contributed by atoms with Crippen LogP contribution in [-0.2, 0) is 14.3 Å². The fourth-order valence-corrected chi connectivity index (χ4v) is 2.58. The number of esters is 1. The fourth-order valence-electron chi connectivity index (χ4n) is 2.58. The van der Waals surface area contributed by atoms with Crippen LogP contribution < -0.4 is 5.32 Å². The van der Waals surface area contributed by atoms with E-state index in [2.05, 4.69) is 15.3 Å². The van der Waals surface area contributed by atoms with Gasteiger partial charge in [0.15, 0.2) is 6.04 Å². The van der Waals surface area contributed by atoms with Crippen LogP contribution in [0.2, 0.25) is 0 Å². The molecule has 1 amide bonds. The van der Waals surface area contributed by atoms with Crippen molar-refractivity contribution in [1.82, 2.24) is 19.9 Å². The van der Waals surface area contributed by atoms with Gasteiger partial charge in [0.25, 0.3) is 0 Å². The van der Waals surface area contributed by atoms with Crippen LogP contribution in [-0.4, -0.2) is 38.8 Å². The normalized spacial score (nSPS) is 12.4. The molecule has 8 nitrogen and oxygen atoms in total. The third-order valence-corrected chi connectivity index (χ3v) is 3.65. The van der Waals surface area contributed by atoms with Crippen LogP contribution in [0.1, 0.15) is 50.8 Å². The molecule has 0 aliphatic rings. The van der Waals surface area contributed by atoms with Crippen LogP contribution >= 0.6 is 0 Å². The Kier molecular flexibility index (Phi) is 6.20. The molecule has 0 bridgehead atoms. The number of nitrogens with zero attached hydrogens (tertiary/aromatic N) is 3. The molecule has 0 fully saturated rings. The van der Waals surface area contributed by atoms with Gasteiger partial charge in [-0.15, -0.1) is 0 Å². The van der Waals surface area contributed by atoms with Gasteiger partial charge in [0.05, 0.1) is 12.3 Å². The van der Waals surface area contributed by atoms with Gasteiger partial charge in [0.1, 0.15) is 17.7 Å². The molecule has 1 atom stereocenters. The number of carbonyl (C=O) groups excluding carboxylic acids is 2. The van der Waals surface area contributed by atoms with Crippen molar-refractivity contribution in [3.05, 3.63) is 41.6 Å². The van der Waals surface area contributed by atoms with Gasteiger partial charge >= 0.3 is 12.1 Å². The zero-order chi connectivity index (χ0) is 20.2. The van der Waals surface area contributed by atoms with E-state index in [0.717, 1.165) is 11.4 Å². The average molecular weight is 374 g/mol. The molecule has 27 heavy (non-hydrogen) atoms. The number of carbonyl (C=O) groups is 2. The molecule has 1 N–H and O–H groups in total. The lowest BCUT2D eigenvalue weighted by atomic mass is 10.2. The van der Waals surface area contributed by atoms with E-state index in [1.54, 1.807) is 33.8 Å². The van der Waals surface area contributed by atoms with E-state index in [1.165, 1.54) is 6.33 Å².